The summed E-state index contributed by atoms with van der Waals surface area (Å²) in [7, 11) is 0. The SMILES string of the molecule is CCCCCC(O)C=CC1C(O)CC(O)C1CC=CCCCC(=O)NCCO. The lowest BCUT2D eigenvalue weighted by molar-refractivity contribution is -0.121. The van der Waals surface area contributed by atoms with E-state index in [2.05, 4.69) is 12.2 Å². The Labute approximate surface area is 169 Å². The topological polar surface area (TPSA) is 110 Å². The molecule has 1 fully saturated rings. The molecule has 6 heteroatoms. The van der Waals surface area contributed by atoms with Gasteiger partial charge in [0.25, 0.3) is 0 Å². The summed E-state index contributed by atoms with van der Waals surface area (Å²) in [6.07, 6.45) is 12.9. The van der Waals surface area contributed by atoms with Crippen molar-refractivity contribution in [3.05, 3.63) is 24.3 Å². The van der Waals surface area contributed by atoms with Crippen LogP contribution in [0.3, 0.4) is 0 Å². The minimum atomic E-state index is -0.581. The van der Waals surface area contributed by atoms with Crippen molar-refractivity contribution in [2.24, 2.45) is 11.8 Å². The Morgan fingerprint density at radius 3 is 2.68 bits per heavy atom. The van der Waals surface area contributed by atoms with Crippen molar-refractivity contribution >= 4 is 5.91 Å². The Morgan fingerprint density at radius 2 is 1.96 bits per heavy atom. The number of hydrogen-bond acceptors (Lipinski definition) is 5. The van der Waals surface area contributed by atoms with E-state index < -0.39 is 18.3 Å². The van der Waals surface area contributed by atoms with Crippen LogP contribution in [-0.2, 0) is 4.79 Å². The van der Waals surface area contributed by atoms with Crippen molar-refractivity contribution in [1.29, 1.82) is 0 Å². The number of allylic oxidation sites excluding steroid dienone is 2. The Hall–Kier alpha value is -1.21. The van der Waals surface area contributed by atoms with E-state index in [9.17, 15) is 20.1 Å². The van der Waals surface area contributed by atoms with E-state index in [0.29, 0.717) is 25.8 Å². The monoisotopic (exact) mass is 397 g/mol. The number of carbonyl (C=O) groups excluding carboxylic acids is 1. The first-order valence-corrected chi connectivity index (χ1v) is 10.7. The van der Waals surface area contributed by atoms with Crippen LogP contribution in [0.2, 0.25) is 0 Å². The van der Waals surface area contributed by atoms with Crippen LogP contribution in [0.5, 0.6) is 0 Å². The minimum absolute atomic E-state index is 0.0490. The number of amides is 1. The maximum Gasteiger partial charge on any atom is 0.220 e. The van der Waals surface area contributed by atoms with E-state index in [1.54, 1.807) is 6.08 Å². The highest BCUT2D eigenvalue weighted by Gasteiger charge is 2.39. The van der Waals surface area contributed by atoms with E-state index in [-0.39, 0.29) is 24.3 Å². The molecule has 1 rings (SSSR count). The highest BCUT2D eigenvalue weighted by Crippen LogP contribution is 2.36. The summed E-state index contributed by atoms with van der Waals surface area (Å²) in [5.74, 6) is -0.262. The molecule has 0 aliphatic heterocycles. The van der Waals surface area contributed by atoms with Crippen molar-refractivity contribution in [3.8, 4) is 0 Å². The van der Waals surface area contributed by atoms with Gasteiger partial charge >= 0.3 is 0 Å². The average Bonchev–Trinajstić information content (AvgIpc) is 2.94. The first-order valence-electron chi connectivity index (χ1n) is 10.7. The fourth-order valence-electron chi connectivity index (χ4n) is 3.70. The Morgan fingerprint density at radius 1 is 1.18 bits per heavy atom. The van der Waals surface area contributed by atoms with Crippen molar-refractivity contribution < 1.29 is 25.2 Å². The third-order valence-corrected chi connectivity index (χ3v) is 5.36. The highest BCUT2D eigenvalue weighted by molar-refractivity contribution is 5.75. The smallest absolute Gasteiger partial charge is 0.220 e. The van der Waals surface area contributed by atoms with Gasteiger partial charge in [-0.3, -0.25) is 4.79 Å². The van der Waals surface area contributed by atoms with E-state index in [0.717, 1.165) is 38.5 Å². The number of carbonyl (C=O) groups is 1. The average molecular weight is 398 g/mol. The zero-order valence-electron chi connectivity index (χ0n) is 17.2. The van der Waals surface area contributed by atoms with Crippen molar-refractivity contribution in [1.82, 2.24) is 5.32 Å². The fourth-order valence-corrected chi connectivity index (χ4v) is 3.70. The molecule has 0 radical (unpaired) electrons. The van der Waals surface area contributed by atoms with Crippen molar-refractivity contribution in [2.75, 3.05) is 13.2 Å². The Kier molecular flexibility index (Phi) is 13.1. The van der Waals surface area contributed by atoms with E-state index in [4.69, 9.17) is 5.11 Å². The van der Waals surface area contributed by atoms with Gasteiger partial charge in [-0.1, -0.05) is 50.5 Å². The zero-order chi connectivity index (χ0) is 20.8. The number of unbranched alkanes of at least 4 members (excludes halogenated alkanes) is 3. The lowest BCUT2D eigenvalue weighted by atomic mass is 9.89. The molecule has 0 aromatic rings. The first-order chi connectivity index (χ1) is 13.5. The molecule has 5 N–H and O–H groups in total. The van der Waals surface area contributed by atoms with Crippen LogP contribution in [0.4, 0.5) is 0 Å². The summed E-state index contributed by atoms with van der Waals surface area (Å²) in [6.45, 7) is 2.37. The van der Waals surface area contributed by atoms with Crippen molar-refractivity contribution in [2.45, 2.75) is 83.0 Å². The zero-order valence-corrected chi connectivity index (χ0v) is 17.2. The molecular weight excluding hydrogens is 358 g/mol. The van der Waals surface area contributed by atoms with Crippen LogP contribution >= 0.6 is 0 Å². The highest BCUT2D eigenvalue weighted by atomic mass is 16.3. The molecule has 0 saturated heterocycles. The predicted octanol–water partition coefficient (Wildman–Crippen LogP) is 2.07. The molecule has 0 aromatic heterocycles. The van der Waals surface area contributed by atoms with Gasteiger partial charge in [0.1, 0.15) is 0 Å². The van der Waals surface area contributed by atoms with Gasteiger partial charge < -0.3 is 25.7 Å². The summed E-state index contributed by atoms with van der Waals surface area (Å²) in [5, 5.41) is 41.8. The molecule has 1 saturated carbocycles. The standard InChI is InChI=1S/C22H39NO5/c1-2-3-6-9-17(25)12-13-19-18(20(26)16-21(19)27)10-7-4-5-8-11-22(28)23-14-15-24/h4,7,12-13,17-21,24-27H,2-3,5-6,8-11,14-16H2,1H3,(H,23,28). The fraction of sp³-hybridized carbons (Fsp3) is 0.773. The van der Waals surface area contributed by atoms with Gasteiger partial charge in [-0.05, 0) is 31.6 Å². The second kappa shape index (κ2) is 14.7. The van der Waals surface area contributed by atoms with Gasteiger partial charge in [0.2, 0.25) is 5.91 Å². The second-order valence-electron chi connectivity index (χ2n) is 7.73. The molecule has 0 heterocycles. The molecule has 1 aliphatic rings. The lowest BCUT2D eigenvalue weighted by Gasteiger charge is -2.19. The molecule has 0 bridgehead atoms. The lowest BCUT2D eigenvalue weighted by Crippen LogP contribution is -2.25. The normalized spacial score (nSPS) is 26.3. The van der Waals surface area contributed by atoms with Crippen LogP contribution in [0.15, 0.2) is 24.3 Å². The minimum Gasteiger partial charge on any atom is -0.395 e. The number of rotatable bonds is 14. The molecule has 1 aliphatic carbocycles. The molecule has 1 amide bonds. The molecule has 5 atom stereocenters. The summed E-state index contributed by atoms with van der Waals surface area (Å²) < 4.78 is 0. The molecule has 28 heavy (non-hydrogen) atoms. The predicted molar refractivity (Wildman–Crippen MR) is 111 cm³/mol. The Balaban J connectivity index is 2.39. The molecule has 162 valence electrons. The number of aliphatic hydroxyl groups is 4. The summed E-state index contributed by atoms with van der Waals surface area (Å²) in [5.41, 5.74) is 0. The van der Waals surface area contributed by atoms with E-state index >= 15 is 0 Å². The van der Waals surface area contributed by atoms with Crippen LogP contribution < -0.4 is 5.32 Å². The maximum absolute atomic E-state index is 11.4. The summed E-state index contributed by atoms with van der Waals surface area (Å²) in [6, 6.07) is 0. The molecule has 5 unspecified atom stereocenters. The van der Waals surface area contributed by atoms with Crippen LogP contribution in [0.25, 0.3) is 0 Å². The number of aliphatic hydroxyl groups excluding tert-OH is 4. The van der Waals surface area contributed by atoms with Gasteiger partial charge in [0.05, 0.1) is 24.9 Å². The van der Waals surface area contributed by atoms with E-state index in [1.807, 2.05) is 18.2 Å². The molecular formula is C22H39NO5. The van der Waals surface area contributed by atoms with E-state index in [1.165, 1.54) is 0 Å². The second-order valence-corrected chi connectivity index (χ2v) is 7.73. The molecule has 6 nitrogen and oxygen atoms in total. The quantitative estimate of drug-likeness (QED) is 0.228. The van der Waals surface area contributed by atoms with Gasteiger partial charge in [0.15, 0.2) is 0 Å². The van der Waals surface area contributed by atoms with Crippen molar-refractivity contribution in [3.63, 3.8) is 0 Å². The number of hydrogen-bond donors (Lipinski definition) is 5. The van der Waals surface area contributed by atoms with Crippen LogP contribution in [-0.4, -0.2) is 57.8 Å². The Bertz CT molecular complexity index is 480. The summed E-state index contributed by atoms with van der Waals surface area (Å²) in [4.78, 5) is 11.4. The molecule has 0 aromatic carbocycles. The van der Waals surface area contributed by atoms with Gasteiger partial charge in [-0.15, -0.1) is 0 Å². The maximum atomic E-state index is 11.4. The number of nitrogens with one attached hydrogen (secondary N) is 1. The largest absolute Gasteiger partial charge is 0.395 e. The van der Waals surface area contributed by atoms with Gasteiger partial charge in [0, 0.05) is 25.3 Å². The van der Waals surface area contributed by atoms with Gasteiger partial charge in [-0.2, -0.15) is 0 Å². The van der Waals surface area contributed by atoms with Gasteiger partial charge in [-0.25, -0.2) is 0 Å². The third kappa shape index (κ3) is 9.82. The third-order valence-electron chi connectivity index (χ3n) is 5.36. The summed E-state index contributed by atoms with van der Waals surface area (Å²) >= 11 is 0. The molecule has 0 spiro atoms. The van der Waals surface area contributed by atoms with Crippen LogP contribution in [0, 0.1) is 11.8 Å². The van der Waals surface area contributed by atoms with Crippen LogP contribution in [0.1, 0.15) is 64.7 Å². The first kappa shape index (κ1) is 24.8.